The van der Waals surface area contributed by atoms with Crippen molar-refractivity contribution >= 4 is 46.0 Å². The number of benzene rings is 3. The molecule has 0 amide bonds. The van der Waals surface area contributed by atoms with E-state index in [-0.39, 0.29) is 38.1 Å². The molecule has 0 radical (unpaired) electrons. The number of nitrogens with zero attached hydrogens (tertiary/aromatic N) is 1. The number of H-pyrrole nitrogens is 1. The van der Waals surface area contributed by atoms with Crippen molar-refractivity contribution in [2.75, 3.05) is 12.4 Å². The molecule has 0 saturated heterocycles. The molecule has 4 nitrogen and oxygen atoms in total. The van der Waals surface area contributed by atoms with Crippen LogP contribution in [-0.2, 0) is 0 Å². The van der Waals surface area contributed by atoms with Crippen molar-refractivity contribution in [3.05, 3.63) is 75.8 Å². The predicted octanol–water partition coefficient (Wildman–Crippen LogP) is 7.81. The Balaban J connectivity index is 1.81. The van der Waals surface area contributed by atoms with Gasteiger partial charge >= 0.3 is 6.36 Å². The van der Waals surface area contributed by atoms with Gasteiger partial charge in [-0.05, 0) is 30.0 Å². The monoisotopic (exact) mass is 544 g/mol. The number of alkyl halides is 3. The van der Waals surface area contributed by atoms with Gasteiger partial charge in [0.05, 0.1) is 28.1 Å². The lowest BCUT2D eigenvalue weighted by Crippen LogP contribution is -2.17. The van der Waals surface area contributed by atoms with E-state index < -0.39 is 30.5 Å². The fourth-order valence-electron chi connectivity index (χ4n) is 3.78. The van der Waals surface area contributed by atoms with Crippen LogP contribution in [0.4, 0.5) is 17.6 Å². The second-order valence-corrected chi connectivity index (χ2v) is 9.58. The Morgan fingerprint density at radius 2 is 1.89 bits per heavy atom. The summed E-state index contributed by atoms with van der Waals surface area (Å²) in [5.74, 6) is -0.787. The Kier molecular flexibility index (Phi) is 7.51. The fraction of sp³-hybridized carbons (Fsp3) is 0.208. The van der Waals surface area contributed by atoms with Crippen molar-refractivity contribution in [1.82, 2.24) is 9.97 Å². The molecule has 0 aliphatic rings. The van der Waals surface area contributed by atoms with Crippen LogP contribution in [0.5, 0.6) is 5.75 Å². The average Bonchev–Trinajstić information content (AvgIpc) is 3.20. The number of rotatable bonds is 7. The number of aliphatic hydroxyl groups is 1. The van der Waals surface area contributed by atoms with E-state index in [4.69, 9.17) is 23.2 Å². The molecular weight excluding hydrogens is 527 g/mol. The van der Waals surface area contributed by atoms with Crippen LogP contribution in [0.2, 0.25) is 10.0 Å². The number of hydrogen-bond donors (Lipinski definition) is 2. The number of aromatic nitrogens is 2. The van der Waals surface area contributed by atoms with Gasteiger partial charge in [0.1, 0.15) is 22.9 Å². The number of nitrogens with one attached hydrogen (secondary N) is 1. The van der Waals surface area contributed by atoms with Crippen LogP contribution in [-0.4, -0.2) is 33.8 Å². The number of aromatic amines is 1. The molecule has 0 spiro atoms. The Hall–Kier alpha value is -2.46. The van der Waals surface area contributed by atoms with Crippen molar-refractivity contribution < 1.29 is 27.4 Å². The maximum absolute atomic E-state index is 14.8. The normalized spacial score (nSPS) is 12.8. The van der Waals surface area contributed by atoms with Crippen molar-refractivity contribution in [2.24, 2.45) is 0 Å². The predicted molar refractivity (Wildman–Crippen MR) is 130 cm³/mol. The first kappa shape index (κ1) is 25.6. The molecule has 4 rings (SSSR count). The third-order valence-corrected chi connectivity index (χ3v) is 6.78. The van der Waals surface area contributed by atoms with E-state index in [2.05, 4.69) is 14.7 Å². The average molecular weight is 545 g/mol. The van der Waals surface area contributed by atoms with Crippen molar-refractivity contribution in [1.29, 1.82) is 0 Å². The van der Waals surface area contributed by atoms with E-state index in [9.17, 15) is 22.7 Å². The lowest BCUT2D eigenvalue weighted by molar-refractivity contribution is -0.274. The zero-order valence-electron chi connectivity index (χ0n) is 18.1. The summed E-state index contributed by atoms with van der Waals surface area (Å²) in [5.41, 5.74) is 0.953. The lowest BCUT2D eigenvalue weighted by atomic mass is 9.99. The van der Waals surface area contributed by atoms with Crippen LogP contribution >= 0.6 is 35.0 Å². The summed E-state index contributed by atoms with van der Waals surface area (Å²) in [5, 5.41) is 10.1. The smallest absolute Gasteiger partial charge is 0.405 e. The molecule has 1 unspecified atom stereocenters. The number of thioether (sulfide) groups is 1. The SMILES string of the molecule is CCSc1ccc(C(CO)c2nc3c(Cl)c(-c4ccccc4OC(F)(F)F)c(Cl)cc3[nH]2)c(F)c1. The zero-order chi connectivity index (χ0) is 25.3. The topological polar surface area (TPSA) is 58.1 Å². The van der Waals surface area contributed by atoms with Gasteiger partial charge in [-0.1, -0.05) is 54.4 Å². The molecule has 184 valence electrons. The van der Waals surface area contributed by atoms with Crippen LogP contribution in [0.15, 0.2) is 53.4 Å². The quantitative estimate of drug-likeness (QED) is 0.184. The van der Waals surface area contributed by atoms with Gasteiger partial charge in [-0.3, -0.25) is 0 Å². The molecule has 0 aliphatic heterocycles. The van der Waals surface area contributed by atoms with Crippen molar-refractivity contribution in [2.45, 2.75) is 24.1 Å². The molecule has 1 heterocycles. The molecule has 2 N–H and O–H groups in total. The molecule has 0 saturated carbocycles. The summed E-state index contributed by atoms with van der Waals surface area (Å²) in [6.45, 7) is 1.51. The Labute approximate surface area is 212 Å². The van der Waals surface area contributed by atoms with Gasteiger partial charge in [0, 0.05) is 21.6 Å². The van der Waals surface area contributed by atoms with Crippen LogP contribution in [0.3, 0.4) is 0 Å². The number of halogens is 6. The number of para-hydroxylation sites is 1. The summed E-state index contributed by atoms with van der Waals surface area (Å²) >= 11 is 14.5. The van der Waals surface area contributed by atoms with Gasteiger partial charge in [-0.25, -0.2) is 9.37 Å². The minimum atomic E-state index is -4.91. The second-order valence-electron chi connectivity index (χ2n) is 7.46. The fourth-order valence-corrected chi connectivity index (χ4v) is 5.16. The third-order valence-electron chi connectivity index (χ3n) is 5.24. The van der Waals surface area contributed by atoms with Gasteiger partial charge in [0.25, 0.3) is 0 Å². The Bertz CT molecular complexity index is 1380. The molecule has 11 heteroatoms. The molecule has 35 heavy (non-hydrogen) atoms. The zero-order valence-corrected chi connectivity index (χ0v) is 20.4. The van der Waals surface area contributed by atoms with Gasteiger partial charge in [-0.2, -0.15) is 0 Å². The number of hydrogen-bond acceptors (Lipinski definition) is 4. The largest absolute Gasteiger partial charge is 0.573 e. The van der Waals surface area contributed by atoms with Crippen LogP contribution in [0.25, 0.3) is 22.2 Å². The van der Waals surface area contributed by atoms with Crippen LogP contribution in [0, 0.1) is 5.82 Å². The standard InChI is InChI=1S/C24H18Cl2F4N2O2S/c1-2-35-12-7-8-13(17(27)9-12)15(11-33)23-31-18-10-16(25)20(21(26)22(18)32-23)14-5-3-4-6-19(14)34-24(28,29)30/h3-10,15,33H,2,11H2,1H3,(H,31,32). The van der Waals surface area contributed by atoms with Crippen molar-refractivity contribution in [3.8, 4) is 16.9 Å². The van der Waals surface area contributed by atoms with E-state index in [0.717, 1.165) is 16.7 Å². The summed E-state index contributed by atoms with van der Waals surface area (Å²) in [6.07, 6.45) is -4.91. The number of fused-ring (bicyclic) bond motifs is 1. The summed E-state index contributed by atoms with van der Waals surface area (Å²) in [6, 6.07) is 11.7. The molecule has 1 atom stereocenters. The number of imidazole rings is 1. The lowest BCUT2D eigenvalue weighted by Gasteiger charge is -2.15. The first-order chi connectivity index (χ1) is 16.6. The molecule has 4 aromatic rings. The Morgan fingerprint density at radius 1 is 1.14 bits per heavy atom. The minimum Gasteiger partial charge on any atom is -0.405 e. The second kappa shape index (κ2) is 10.3. The third kappa shape index (κ3) is 5.38. The highest BCUT2D eigenvalue weighted by molar-refractivity contribution is 7.99. The van der Waals surface area contributed by atoms with E-state index in [1.807, 2.05) is 6.92 Å². The molecule has 0 bridgehead atoms. The molecule has 0 aliphatic carbocycles. The van der Waals surface area contributed by atoms with Crippen LogP contribution < -0.4 is 4.74 Å². The summed E-state index contributed by atoms with van der Waals surface area (Å²) in [4.78, 5) is 8.21. The highest BCUT2D eigenvalue weighted by Crippen LogP contribution is 2.44. The maximum atomic E-state index is 14.8. The van der Waals surface area contributed by atoms with Crippen LogP contribution in [0.1, 0.15) is 24.2 Å². The first-order valence-corrected chi connectivity index (χ1v) is 12.1. The van der Waals surface area contributed by atoms with Gasteiger partial charge in [0.15, 0.2) is 0 Å². The highest BCUT2D eigenvalue weighted by atomic mass is 35.5. The van der Waals surface area contributed by atoms with E-state index in [1.165, 1.54) is 42.1 Å². The Morgan fingerprint density at radius 3 is 2.54 bits per heavy atom. The number of ether oxygens (including phenoxy) is 1. The van der Waals surface area contributed by atoms with E-state index in [0.29, 0.717) is 5.52 Å². The number of aliphatic hydroxyl groups excluding tert-OH is 1. The molecular formula is C24H18Cl2F4N2O2S. The maximum Gasteiger partial charge on any atom is 0.573 e. The van der Waals surface area contributed by atoms with Crippen molar-refractivity contribution in [3.63, 3.8) is 0 Å². The molecule has 0 fully saturated rings. The minimum absolute atomic E-state index is 0.0138. The summed E-state index contributed by atoms with van der Waals surface area (Å²) in [7, 11) is 0. The van der Waals surface area contributed by atoms with Gasteiger partial charge in [-0.15, -0.1) is 24.9 Å². The van der Waals surface area contributed by atoms with Gasteiger partial charge in [0.2, 0.25) is 0 Å². The van der Waals surface area contributed by atoms with Gasteiger partial charge < -0.3 is 14.8 Å². The summed E-state index contributed by atoms with van der Waals surface area (Å²) < 4.78 is 57.8. The molecule has 1 aromatic heterocycles. The van der Waals surface area contributed by atoms with E-state index >= 15 is 0 Å². The highest BCUT2D eigenvalue weighted by Gasteiger charge is 2.33. The first-order valence-electron chi connectivity index (χ1n) is 10.4. The van der Waals surface area contributed by atoms with E-state index in [1.54, 1.807) is 12.1 Å². The molecule has 3 aromatic carbocycles.